The van der Waals surface area contributed by atoms with Crippen LogP contribution < -0.4 is 4.90 Å². The van der Waals surface area contributed by atoms with Crippen LogP contribution in [0.25, 0.3) is 0 Å². The standard InChI is InChI=1S/C15H9N5O2S/c21-20(22)12-9-16-8-5-10(12)19-11-3-1-7-18-15(11)23-13-4-2-6-17-14(13)19/h1-9H. The van der Waals surface area contributed by atoms with E-state index in [4.69, 9.17) is 0 Å². The Bertz CT molecular complexity index is 872. The van der Waals surface area contributed by atoms with Gasteiger partial charge in [-0.25, -0.2) is 9.97 Å². The summed E-state index contributed by atoms with van der Waals surface area (Å²) in [6.07, 6.45) is 6.14. The summed E-state index contributed by atoms with van der Waals surface area (Å²) in [5.41, 5.74) is 1.10. The van der Waals surface area contributed by atoms with Crippen molar-refractivity contribution in [1.29, 1.82) is 0 Å². The van der Waals surface area contributed by atoms with E-state index in [2.05, 4.69) is 15.0 Å². The maximum atomic E-state index is 11.4. The van der Waals surface area contributed by atoms with Gasteiger partial charge in [-0.05, 0) is 30.3 Å². The van der Waals surface area contributed by atoms with Gasteiger partial charge in [0.15, 0.2) is 5.82 Å². The van der Waals surface area contributed by atoms with Crippen molar-refractivity contribution in [2.24, 2.45) is 0 Å². The third kappa shape index (κ3) is 2.20. The molecule has 7 nitrogen and oxygen atoms in total. The molecule has 4 rings (SSSR count). The second-order valence-corrected chi connectivity index (χ2v) is 5.74. The number of aromatic nitrogens is 3. The Hall–Kier alpha value is -3.00. The Morgan fingerprint density at radius 2 is 1.87 bits per heavy atom. The number of anilines is 3. The molecule has 0 spiro atoms. The average molecular weight is 323 g/mol. The molecule has 0 atom stereocenters. The molecule has 1 aliphatic heterocycles. The molecule has 0 aromatic carbocycles. The topological polar surface area (TPSA) is 85.0 Å². The number of rotatable bonds is 2. The fourth-order valence-corrected chi connectivity index (χ4v) is 3.40. The molecule has 0 radical (unpaired) electrons. The molecule has 0 unspecified atom stereocenters. The number of nitrogens with zero attached hydrogens (tertiary/aromatic N) is 5. The summed E-state index contributed by atoms with van der Waals surface area (Å²) in [5, 5.41) is 12.2. The summed E-state index contributed by atoms with van der Waals surface area (Å²) in [6.45, 7) is 0. The van der Waals surface area contributed by atoms with E-state index in [1.54, 1.807) is 29.4 Å². The Kier molecular flexibility index (Phi) is 3.16. The van der Waals surface area contributed by atoms with Crippen molar-refractivity contribution in [3.8, 4) is 0 Å². The van der Waals surface area contributed by atoms with Crippen molar-refractivity contribution in [3.05, 3.63) is 65.2 Å². The predicted molar refractivity (Wildman–Crippen MR) is 85.3 cm³/mol. The molecule has 23 heavy (non-hydrogen) atoms. The first-order chi connectivity index (χ1) is 11.3. The first kappa shape index (κ1) is 13.6. The van der Waals surface area contributed by atoms with Crippen molar-refractivity contribution in [3.63, 3.8) is 0 Å². The Morgan fingerprint density at radius 1 is 1.04 bits per heavy atom. The van der Waals surface area contributed by atoms with Crippen LogP contribution in [0, 0.1) is 10.1 Å². The Labute approximate surface area is 135 Å². The van der Waals surface area contributed by atoms with Gasteiger partial charge in [0.1, 0.15) is 16.9 Å². The lowest BCUT2D eigenvalue weighted by atomic mass is 10.2. The number of pyridine rings is 3. The molecule has 0 bridgehead atoms. The molecule has 0 N–H and O–H groups in total. The SMILES string of the molecule is O=[N+]([O-])c1cnccc1N1c2cccnc2Sc2cccnc21. The zero-order valence-electron chi connectivity index (χ0n) is 11.7. The highest BCUT2D eigenvalue weighted by Crippen LogP contribution is 2.50. The van der Waals surface area contributed by atoms with E-state index in [0.717, 1.165) is 15.6 Å². The zero-order chi connectivity index (χ0) is 15.8. The van der Waals surface area contributed by atoms with Crippen molar-refractivity contribution in [1.82, 2.24) is 15.0 Å². The van der Waals surface area contributed by atoms with Gasteiger partial charge in [0.2, 0.25) is 0 Å². The van der Waals surface area contributed by atoms with E-state index >= 15 is 0 Å². The van der Waals surface area contributed by atoms with Gasteiger partial charge in [0.05, 0.1) is 15.5 Å². The zero-order valence-corrected chi connectivity index (χ0v) is 12.5. The van der Waals surface area contributed by atoms with Gasteiger partial charge in [-0.2, -0.15) is 0 Å². The Balaban J connectivity index is 2.01. The second kappa shape index (κ2) is 5.33. The predicted octanol–water partition coefficient (Wildman–Crippen LogP) is 3.71. The Morgan fingerprint density at radius 3 is 2.74 bits per heavy atom. The third-order valence-electron chi connectivity index (χ3n) is 3.38. The number of fused-ring (bicyclic) bond motifs is 2. The highest BCUT2D eigenvalue weighted by atomic mass is 32.2. The second-order valence-electron chi connectivity index (χ2n) is 4.71. The maximum Gasteiger partial charge on any atom is 0.311 e. The summed E-state index contributed by atoms with van der Waals surface area (Å²) in [4.78, 5) is 26.2. The molecular formula is C15H9N5O2S. The van der Waals surface area contributed by atoms with Crippen molar-refractivity contribution >= 4 is 34.6 Å². The van der Waals surface area contributed by atoms with E-state index in [0.29, 0.717) is 11.5 Å². The lowest BCUT2D eigenvalue weighted by molar-refractivity contribution is -0.384. The number of hydrogen-bond donors (Lipinski definition) is 0. The van der Waals surface area contributed by atoms with Gasteiger partial charge in [-0.1, -0.05) is 11.8 Å². The minimum Gasteiger partial charge on any atom is -0.285 e. The van der Waals surface area contributed by atoms with Crippen molar-refractivity contribution < 1.29 is 4.92 Å². The van der Waals surface area contributed by atoms with Gasteiger partial charge in [0.25, 0.3) is 0 Å². The molecule has 4 heterocycles. The fraction of sp³-hybridized carbons (Fsp3) is 0. The molecule has 0 fully saturated rings. The molecule has 0 aliphatic carbocycles. The van der Waals surface area contributed by atoms with Crippen molar-refractivity contribution in [2.75, 3.05) is 4.90 Å². The van der Waals surface area contributed by atoms with Gasteiger partial charge >= 0.3 is 5.69 Å². The highest BCUT2D eigenvalue weighted by Gasteiger charge is 2.30. The minimum atomic E-state index is -0.442. The summed E-state index contributed by atoms with van der Waals surface area (Å²) < 4.78 is 0. The van der Waals surface area contributed by atoms with Gasteiger partial charge < -0.3 is 0 Å². The van der Waals surface area contributed by atoms with Crippen LogP contribution in [0.3, 0.4) is 0 Å². The summed E-state index contributed by atoms with van der Waals surface area (Å²) >= 11 is 1.49. The molecule has 1 aliphatic rings. The van der Waals surface area contributed by atoms with Crippen LogP contribution in [0.15, 0.2) is 65.0 Å². The molecule has 0 saturated carbocycles. The fourth-order valence-electron chi connectivity index (χ4n) is 2.43. The number of nitro groups is 1. The minimum absolute atomic E-state index is 0.0780. The molecular weight excluding hydrogens is 314 g/mol. The smallest absolute Gasteiger partial charge is 0.285 e. The molecule has 0 amide bonds. The monoisotopic (exact) mass is 323 g/mol. The van der Waals surface area contributed by atoms with Crippen molar-refractivity contribution in [2.45, 2.75) is 9.92 Å². The maximum absolute atomic E-state index is 11.4. The summed E-state index contributed by atoms with van der Waals surface area (Å²) in [6, 6.07) is 9.04. The van der Waals surface area contributed by atoms with E-state index < -0.39 is 4.92 Å². The lowest BCUT2D eigenvalue weighted by Crippen LogP contribution is -2.18. The molecule has 3 aromatic rings. The van der Waals surface area contributed by atoms with Crippen LogP contribution in [-0.2, 0) is 0 Å². The van der Waals surface area contributed by atoms with Crippen LogP contribution in [0.4, 0.5) is 22.9 Å². The van der Waals surface area contributed by atoms with E-state index in [9.17, 15) is 10.1 Å². The van der Waals surface area contributed by atoms with E-state index in [1.165, 1.54) is 24.2 Å². The van der Waals surface area contributed by atoms with E-state index in [1.807, 2.05) is 18.2 Å². The molecule has 112 valence electrons. The van der Waals surface area contributed by atoms with Crippen LogP contribution in [0.1, 0.15) is 0 Å². The molecule has 8 heteroatoms. The normalized spacial score (nSPS) is 12.4. The van der Waals surface area contributed by atoms with E-state index in [-0.39, 0.29) is 5.69 Å². The largest absolute Gasteiger partial charge is 0.311 e. The first-order valence-electron chi connectivity index (χ1n) is 6.72. The molecule has 0 saturated heterocycles. The van der Waals surface area contributed by atoms with Crippen LogP contribution >= 0.6 is 11.8 Å². The third-order valence-corrected chi connectivity index (χ3v) is 4.42. The van der Waals surface area contributed by atoms with Gasteiger partial charge in [0, 0.05) is 18.6 Å². The number of hydrogen-bond acceptors (Lipinski definition) is 7. The van der Waals surface area contributed by atoms with Gasteiger partial charge in [-0.15, -0.1) is 0 Å². The van der Waals surface area contributed by atoms with Crippen LogP contribution in [0.2, 0.25) is 0 Å². The van der Waals surface area contributed by atoms with Crippen LogP contribution in [0.5, 0.6) is 0 Å². The average Bonchev–Trinajstić information content (AvgIpc) is 2.59. The molecule has 3 aromatic heterocycles. The summed E-state index contributed by atoms with van der Waals surface area (Å²) in [7, 11) is 0. The first-order valence-corrected chi connectivity index (χ1v) is 7.54. The lowest BCUT2D eigenvalue weighted by Gasteiger charge is -2.30. The highest BCUT2D eigenvalue weighted by molar-refractivity contribution is 7.99. The van der Waals surface area contributed by atoms with Gasteiger partial charge in [-0.3, -0.25) is 20.0 Å². The van der Waals surface area contributed by atoms with Crippen LogP contribution in [-0.4, -0.2) is 19.9 Å². The quantitative estimate of drug-likeness (QED) is 0.410. The summed E-state index contributed by atoms with van der Waals surface area (Å²) in [5.74, 6) is 0.646.